The van der Waals surface area contributed by atoms with Gasteiger partial charge < -0.3 is 19.3 Å². The Morgan fingerprint density at radius 1 is 1.33 bits per heavy atom. The van der Waals surface area contributed by atoms with E-state index in [1.165, 1.54) is 7.11 Å². The summed E-state index contributed by atoms with van der Waals surface area (Å²) < 4.78 is 24.3. The molecule has 3 heterocycles. The van der Waals surface area contributed by atoms with Gasteiger partial charge in [0, 0.05) is 26.2 Å². The molecule has 0 unspecified atom stereocenters. The third kappa shape index (κ3) is 2.94. The average Bonchev–Trinajstić information content (AvgIpc) is 2.49. The lowest BCUT2D eigenvalue weighted by atomic mass is 9.89. The predicted molar refractivity (Wildman–Crippen MR) is 76.2 cm³/mol. The lowest BCUT2D eigenvalue weighted by Gasteiger charge is -2.46. The molecule has 3 rings (SSSR count). The Labute approximate surface area is 123 Å². The van der Waals surface area contributed by atoms with Gasteiger partial charge in [0.15, 0.2) is 0 Å². The number of nitrogens with zero attached hydrogens (tertiary/aromatic N) is 4. The fourth-order valence-electron chi connectivity index (χ4n) is 3.09. The number of ether oxygens (including phenoxy) is 2. The second-order valence-corrected chi connectivity index (χ2v) is 5.78. The number of halogens is 1. The van der Waals surface area contributed by atoms with E-state index in [9.17, 15) is 4.39 Å². The molecule has 0 aromatic carbocycles. The number of aromatic nitrogens is 2. The molecule has 2 aliphatic rings. The zero-order chi connectivity index (χ0) is 14.9. The zero-order valence-electron chi connectivity index (χ0n) is 12.5. The molecule has 2 saturated heterocycles. The monoisotopic (exact) mass is 296 g/mol. The lowest BCUT2D eigenvalue weighted by molar-refractivity contribution is -0.115. The number of morpholine rings is 1. The molecule has 0 radical (unpaired) electrons. The quantitative estimate of drug-likeness (QED) is 0.809. The summed E-state index contributed by atoms with van der Waals surface area (Å²) in [6.45, 7) is 4.36. The van der Waals surface area contributed by atoms with E-state index in [4.69, 9.17) is 9.47 Å². The van der Waals surface area contributed by atoms with Crippen LogP contribution in [0.1, 0.15) is 12.8 Å². The highest BCUT2D eigenvalue weighted by atomic mass is 19.1. The molecule has 7 heteroatoms. The van der Waals surface area contributed by atoms with Crippen molar-refractivity contribution < 1.29 is 13.9 Å². The van der Waals surface area contributed by atoms with Crippen LogP contribution in [0.15, 0.2) is 6.20 Å². The van der Waals surface area contributed by atoms with Gasteiger partial charge in [0.1, 0.15) is 0 Å². The Hall–Kier alpha value is -1.47. The van der Waals surface area contributed by atoms with Gasteiger partial charge in [-0.15, -0.1) is 0 Å². The van der Waals surface area contributed by atoms with Gasteiger partial charge in [0.25, 0.3) is 5.88 Å². The van der Waals surface area contributed by atoms with Crippen LogP contribution in [-0.2, 0) is 4.74 Å². The Kier molecular flexibility index (Phi) is 3.95. The molecule has 0 bridgehead atoms. The highest BCUT2D eigenvalue weighted by Gasteiger charge is 2.39. The molecule has 0 amide bonds. The summed E-state index contributed by atoms with van der Waals surface area (Å²) >= 11 is 0. The third-order valence-electron chi connectivity index (χ3n) is 4.29. The number of hydrogen-bond acceptors (Lipinski definition) is 6. The summed E-state index contributed by atoms with van der Waals surface area (Å²) in [6.07, 6.45) is 3.03. The van der Waals surface area contributed by atoms with Gasteiger partial charge >= 0.3 is 0 Å². The van der Waals surface area contributed by atoms with Crippen molar-refractivity contribution in [2.75, 3.05) is 51.8 Å². The summed E-state index contributed by atoms with van der Waals surface area (Å²) in [5.74, 6) is -0.0202. The molecule has 0 saturated carbocycles. The van der Waals surface area contributed by atoms with E-state index < -0.39 is 5.82 Å². The summed E-state index contributed by atoms with van der Waals surface area (Å²) in [5, 5.41) is 0. The van der Waals surface area contributed by atoms with Crippen molar-refractivity contribution in [1.82, 2.24) is 14.9 Å². The molecule has 2 fully saturated rings. The minimum atomic E-state index is -0.535. The van der Waals surface area contributed by atoms with Gasteiger partial charge in [-0.05, 0) is 19.9 Å². The van der Waals surface area contributed by atoms with Crippen LogP contribution in [0.25, 0.3) is 0 Å². The maximum absolute atomic E-state index is 13.4. The Morgan fingerprint density at radius 3 is 2.76 bits per heavy atom. The molecule has 0 atom stereocenters. The SMILES string of the molecule is COc1nc(N2CCC3(CC2)CN(C)CCO3)ncc1F. The smallest absolute Gasteiger partial charge is 0.255 e. The van der Waals surface area contributed by atoms with E-state index in [1.54, 1.807) is 0 Å². The van der Waals surface area contributed by atoms with E-state index in [1.807, 2.05) is 0 Å². The van der Waals surface area contributed by atoms with Crippen LogP contribution < -0.4 is 9.64 Å². The van der Waals surface area contributed by atoms with Crippen LogP contribution >= 0.6 is 0 Å². The topological polar surface area (TPSA) is 50.7 Å². The van der Waals surface area contributed by atoms with Crippen molar-refractivity contribution in [3.05, 3.63) is 12.0 Å². The van der Waals surface area contributed by atoms with Gasteiger partial charge in [-0.3, -0.25) is 0 Å². The van der Waals surface area contributed by atoms with E-state index >= 15 is 0 Å². The van der Waals surface area contributed by atoms with Crippen LogP contribution in [0.5, 0.6) is 5.88 Å². The Balaban J connectivity index is 1.68. The first kappa shape index (κ1) is 14.5. The van der Waals surface area contributed by atoms with Crippen molar-refractivity contribution >= 4 is 5.95 Å². The molecule has 0 N–H and O–H groups in total. The Bertz CT molecular complexity index is 506. The standard InChI is InChI=1S/C14H21FN4O2/c1-18-7-8-21-14(10-18)3-5-19(6-4-14)13-16-9-11(15)12(17-13)20-2/h9H,3-8,10H2,1-2H3. The minimum Gasteiger partial charge on any atom is -0.479 e. The van der Waals surface area contributed by atoms with E-state index in [-0.39, 0.29) is 11.5 Å². The average molecular weight is 296 g/mol. The molecule has 1 aromatic rings. The normalized spacial score (nSPS) is 22.5. The number of anilines is 1. The van der Waals surface area contributed by atoms with Crippen molar-refractivity contribution in [3.8, 4) is 5.88 Å². The second kappa shape index (κ2) is 5.73. The first-order valence-corrected chi connectivity index (χ1v) is 7.26. The number of piperidine rings is 1. The summed E-state index contributed by atoms with van der Waals surface area (Å²) in [6, 6.07) is 0. The molecule has 116 valence electrons. The fourth-order valence-corrected chi connectivity index (χ4v) is 3.09. The van der Waals surface area contributed by atoms with Gasteiger partial charge in [-0.25, -0.2) is 4.98 Å². The maximum atomic E-state index is 13.4. The van der Waals surface area contributed by atoms with E-state index in [0.717, 1.165) is 51.8 Å². The fraction of sp³-hybridized carbons (Fsp3) is 0.714. The predicted octanol–water partition coefficient (Wildman–Crippen LogP) is 0.925. The number of likely N-dealkylation sites (N-methyl/N-ethyl adjacent to an activating group) is 1. The molecule has 1 aromatic heterocycles. The van der Waals surface area contributed by atoms with Crippen molar-refractivity contribution in [1.29, 1.82) is 0 Å². The first-order chi connectivity index (χ1) is 10.1. The molecular weight excluding hydrogens is 275 g/mol. The van der Waals surface area contributed by atoms with E-state index in [0.29, 0.717) is 5.95 Å². The molecular formula is C14H21FN4O2. The highest BCUT2D eigenvalue weighted by molar-refractivity contribution is 5.33. The summed E-state index contributed by atoms with van der Waals surface area (Å²) in [4.78, 5) is 12.6. The largest absolute Gasteiger partial charge is 0.479 e. The van der Waals surface area contributed by atoms with Crippen LogP contribution in [0, 0.1) is 5.82 Å². The summed E-state index contributed by atoms with van der Waals surface area (Å²) in [7, 11) is 3.54. The molecule has 0 aliphatic carbocycles. The van der Waals surface area contributed by atoms with Crippen LogP contribution in [-0.4, -0.2) is 67.4 Å². The van der Waals surface area contributed by atoms with Gasteiger partial charge in [-0.1, -0.05) is 0 Å². The number of methoxy groups -OCH3 is 1. The third-order valence-corrected chi connectivity index (χ3v) is 4.29. The van der Waals surface area contributed by atoms with Gasteiger partial charge in [-0.2, -0.15) is 9.37 Å². The lowest BCUT2D eigenvalue weighted by Crippen LogP contribution is -2.56. The molecule has 6 nitrogen and oxygen atoms in total. The summed E-state index contributed by atoms with van der Waals surface area (Å²) in [5.41, 5.74) is -0.0480. The molecule has 2 aliphatic heterocycles. The van der Waals surface area contributed by atoms with Crippen LogP contribution in [0.3, 0.4) is 0 Å². The highest BCUT2D eigenvalue weighted by Crippen LogP contribution is 2.31. The van der Waals surface area contributed by atoms with Crippen molar-refractivity contribution in [2.24, 2.45) is 0 Å². The van der Waals surface area contributed by atoms with Crippen LogP contribution in [0.4, 0.5) is 10.3 Å². The number of hydrogen-bond donors (Lipinski definition) is 0. The second-order valence-electron chi connectivity index (χ2n) is 5.78. The maximum Gasteiger partial charge on any atom is 0.255 e. The van der Waals surface area contributed by atoms with Gasteiger partial charge in [0.05, 0.1) is 25.5 Å². The van der Waals surface area contributed by atoms with Crippen molar-refractivity contribution in [2.45, 2.75) is 18.4 Å². The molecule has 21 heavy (non-hydrogen) atoms. The molecule has 1 spiro atoms. The Morgan fingerprint density at radius 2 is 2.10 bits per heavy atom. The van der Waals surface area contributed by atoms with Crippen molar-refractivity contribution in [3.63, 3.8) is 0 Å². The number of rotatable bonds is 2. The first-order valence-electron chi connectivity index (χ1n) is 7.26. The minimum absolute atomic E-state index is 0.00561. The van der Waals surface area contributed by atoms with Crippen LogP contribution in [0.2, 0.25) is 0 Å². The van der Waals surface area contributed by atoms with Gasteiger partial charge in [0.2, 0.25) is 11.8 Å². The van der Waals surface area contributed by atoms with E-state index in [2.05, 4.69) is 26.8 Å². The zero-order valence-corrected chi connectivity index (χ0v) is 12.5.